The third-order valence-corrected chi connectivity index (χ3v) is 1.56. The van der Waals surface area contributed by atoms with E-state index >= 15 is 0 Å². The Morgan fingerprint density at radius 3 is 2.64 bits per heavy atom. The minimum Gasteiger partial charge on any atom is -0.382 e. The van der Waals surface area contributed by atoms with Crippen molar-refractivity contribution in [3.63, 3.8) is 0 Å². The van der Waals surface area contributed by atoms with E-state index in [1.165, 1.54) is 6.33 Å². The summed E-state index contributed by atoms with van der Waals surface area (Å²) in [7, 11) is 1.71. The molecule has 2 N–H and O–H groups in total. The van der Waals surface area contributed by atoms with Crippen molar-refractivity contribution >= 4 is 17.0 Å². The van der Waals surface area contributed by atoms with Crippen LogP contribution in [-0.4, -0.2) is 19.5 Å². The fourth-order valence-electron chi connectivity index (χ4n) is 1.00. The van der Waals surface area contributed by atoms with E-state index in [1.54, 1.807) is 11.6 Å². The number of aromatic nitrogens is 4. The molecule has 0 aliphatic rings. The van der Waals surface area contributed by atoms with Gasteiger partial charge in [-0.3, -0.25) is 0 Å². The highest BCUT2D eigenvalue weighted by atomic mass is 19.1. The summed E-state index contributed by atoms with van der Waals surface area (Å²) < 4.78 is 14.2. The predicted octanol–water partition coefficient (Wildman–Crippen LogP) is 1.11. The van der Waals surface area contributed by atoms with Crippen LogP contribution >= 0.6 is 0 Å². The molecule has 0 saturated heterocycles. The summed E-state index contributed by atoms with van der Waals surface area (Å²) in [6.07, 6.45) is 0.679. The number of anilines is 1. The Kier molecular flexibility index (Phi) is 2.95. The van der Waals surface area contributed by atoms with Crippen molar-refractivity contribution in [2.24, 2.45) is 7.05 Å². The van der Waals surface area contributed by atoms with Crippen molar-refractivity contribution in [1.29, 1.82) is 0 Å². The molecule has 0 spiro atoms. The molecule has 0 aliphatic heterocycles. The van der Waals surface area contributed by atoms with Gasteiger partial charge in [0.25, 0.3) is 0 Å². The molecular weight excluding hydrogens is 185 g/mol. The number of nitrogens with two attached hydrogens (primary N) is 1. The molecule has 76 valence electrons. The first-order valence-corrected chi connectivity index (χ1v) is 4.28. The van der Waals surface area contributed by atoms with E-state index in [-0.39, 0.29) is 5.82 Å². The summed E-state index contributed by atoms with van der Waals surface area (Å²) in [5.74, 6) is 0.0677. The zero-order chi connectivity index (χ0) is 10.7. The Labute approximate surface area is 80.8 Å². The van der Waals surface area contributed by atoms with Gasteiger partial charge >= 0.3 is 6.08 Å². The van der Waals surface area contributed by atoms with Crippen molar-refractivity contribution in [2.45, 2.75) is 13.8 Å². The second-order valence-electron chi connectivity index (χ2n) is 2.41. The van der Waals surface area contributed by atoms with Crippen LogP contribution in [0.2, 0.25) is 0 Å². The van der Waals surface area contributed by atoms with Crippen molar-refractivity contribution in [3.8, 4) is 0 Å². The normalized spacial score (nSPS) is 9.71. The molecule has 2 heterocycles. The van der Waals surface area contributed by atoms with E-state index in [9.17, 15) is 4.39 Å². The Hall–Kier alpha value is -1.72. The van der Waals surface area contributed by atoms with Gasteiger partial charge in [-0.2, -0.15) is 14.4 Å². The van der Waals surface area contributed by atoms with Gasteiger partial charge in [-0.1, -0.05) is 13.8 Å². The topological polar surface area (TPSA) is 69.6 Å². The first-order chi connectivity index (χ1) is 6.68. The number of fused-ring (bicyclic) bond motifs is 1. The number of halogens is 1. The third-order valence-electron chi connectivity index (χ3n) is 1.56. The summed E-state index contributed by atoms with van der Waals surface area (Å²) in [5, 5.41) is 0. The highest BCUT2D eigenvalue weighted by Crippen LogP contribution is 2.13. The summed E-state index contributed by atoms with van der Waals surface area (Å²) in [6, 6.07) is 0. The summed E-state index contributed by atoms with van der Waals surface area (Å²) in [6.45, 7) is 4.00. The number of hydrogen-bond donors (Lipinski definition) is 1. The smallest absolute Gasteiger partial charge is 0.312 e. The van der Waals surface area contributed by atoms with Gasteiger partial charge in [-0.05, 0) is 0 Å². The van der Waals surface area contributed by atoms with E-state index in [0.29, 0.717) is 11.2 Å². The fraction of sp³-hybridized carbons (Fsp3) is 0.375. The van der Waals surface area contributed by atoms with Gasteiger partial charge in [0.1, 0.15) is 5.52 Å². The minimum absolute atomic E-state index is 0.0677. The molecule has 14 heavy (non-hydrogen) atoms. The molecule has 6 heteroatoms. The second kappa shape index (κ2) is 3.99. The van der Waals surface area contributed by atoms with Crippen LogP contribution in [0.5, 0.6) is 0 Å². The van der Waals surface area contributed by atoms with Crippen LogP contribution in [0.1, 0.15) is 13.8 Å². The Balaban J connectivity index is 0.000000461. The van der Waals surface area contributed by atoms with E-state index in [4.69, 9.17) is 5.73 Å². The molecule has 2 aromatic rings. The van der Waals surface area contributed by atoms with Gasteiger partial charge in [0.05, 0.1) is 6.33 Å². The quantitative estimate of drug-likeness (QED) is 0.642. The highest BCUT2D eigenvalue weighted by molar-refractivity contribution is 5.80. The Bertz CT molecular complexity index is 436. The molecule has 0 unspecified atom stereocenters. The predicted molar refractivity (Wildman–Crippen MR) is 52.0 cm³/mol. The van der Waals surface area contributed by atoms with Crippen LogP contribution in [-0.2, 0) is 7.05 Å². The molecule has 0 bridgehead atoms. The van der Waals surface area contributed by atoms with Gasteiger partial charge in [0, 0.05) is 7.05 Å². The van der Waals surface area contributed by atoms with Gasteiger partial charge in [-0.15, -0.1) is 0 Å². The lowest BCUT2D eigenvalue weighted by atomic mass is 10.5. The molecule has 0 radical (unpaired) electrons. The standard InChI is InChI=1S/C6H6FN5.C2H6/c1-12-2-9-3-4(8)10-6(7)11-5(3)12;1-2/h2H,1H3,(H2,8,10,11);1-2H3. The highest BCUT2D eigenvalue weighted by Gasteiger charge is 2.08. The van der Waals surface area contributed by atoms with Gasteiger partial charge in [-0.25, -0.2) is 4.98 Å². The van der Waals surface area contributed by atoms with Crippen molar-refractivity contribution in [1.82, 2.24) is 19.5 Å². The maximum atomic E-state index is 12.6. The van der Waals surface area contributed by atoms with Crippen LogP contribution in [0.4, 0.5) is 10.2 Å². The lowest BCUT2D eigenvalue weighted by Gasteiger charge is -1.94. The molecule has 0 atom stereocenters. The lowest BCUT2D eigenvalue weighted by molar-refractivity contribution is 0.544. The molecule has 0 aromatic carbocycles. The van der Waals surface area contributed by atoms with Crippen molar-refractivity contribution < 1.29 is 4.39 Å². The maximum Gasteiger partial charge on any atom is 0.312 e. The molecule has 0 fully saturated rings. The number of rotatable bonds is 0. The van der Waals surface area contributed by atoms with Crippen LogP contribution in [0.3, 0.4) is 0 Å². The molecule has 0 amide bonds. The van der Waals surface area contributed by atoms with E-state index in [1.807, 2.05) is 13.8 Å². The average Bonchev–Trinajstić information content (AvgIpc) is 2.52. The summed E-state index contributed by atoms with van der Waals surface area (Å²) >= 11 is 0. The van der Waals surface area contributed by atoms with Crippen molar-refractivity contribution in [3.05, 3.63) is 12.4 Å². The molecular formula is C8H12FN5. The van der Waals surface area contributed by atoms with Crippen molar-refractivity contribution in [2.75, 3.05) is 5.73 Å². The van der Waals surface area contributed by atoms with Gasteiger partial charge in [0.2, 0.25) is 0 Å². The Morgan fingerprint density at radius 1 is 1.36 bits per heavy atom. The number of hydrogen-bond acceptors (Lipinski definition) is 4. The van der Waals surface area contributed by atoms with Gasteiger partial charge < -0.3 is 10.3 Å². The number of nitrogens with zero attached hydrogens (tertiary/aromatic N) is 4. The summed E-state index contributed by atoms with van der Waals surface area (Å²) in [4.78, 5) is 10.8. The lowest BCUT2D eigenvalue weighted by Crippen LogP contribution is -1.99. The third kappa shape index (κ3) is 1.63. The van der Waals surface area contributed by atoms with E-state index in [0.717, 1.165) is 0 Å². The average molecular weight is 197 g/mol. The molecule has 5 nitrogen and oxygen atoms in total. The number of aryl methyl sites for hydroxylation is 1. The summed E-state index contributed by atoms with van der Waals surface area (Å²) in [5.41, 5.74) is 6.24. The largest absolute Gasteiger partial charge is 0.382 e. The van der Waals surface area contributed by atoms with E-state index in [2.05, 4.69) is 15.0 Å². The SMILES string of the molecule is CC.Cn1cnc2c(N)nc(F)nc21. The molecule has 2 aromatic heterocycles. The van der Waals surface area contributed by atoms with E-state index < -0.39 is 6.08 Å². The zero-order valence-electron chi connectivity index (χ0n) is 8.32. The van der Waals surface area contributed by atoms with Gasteiger partial charge in [0.15, 0.2) is 11.5 Å². The minimum atomic E-state index is -0.830. The fourth-order valence-corrected chi connectivity index (χ4v) is 1.00. The zero-order valence-corrected chi connectivity index (χ0v) is 8.32. The number of nitrogen functional groups attached to an aromatic ring is 1. The van der Waals surface area contributed by atoms with Crippen LogP contribution < -0.4 is 5.73 Å². The van der Waals surface area contributed by atoms with Crippen LogP contribution in [0, 0.1) is 6.08 Å². The molecule has 0 saturated carbocycles. The first-order valence-electron chi connectivity index (χ1n) is 4.28. The second-order valence-corrected chi connectivity index (χ2v) is 2.41. The first kappa shape index (κ1) is 10.4. The maximum absolute atomic E-state index is 12.6. The monoisotopic (exact) mass is 197 g/mol. The Morgan fingerprint density at radius 2 is 2.00 bits per heavy atom. The number of imidazole rings is 1. The molecule has 2 rings (SSSR count). The van der Waals surface area contributed by atoms with Crippen LogP contribution in [0.15, 0.2) is 6.33 Å². The molecule has 0 aliphatic carbocycles. The van der Waals surface area contributed by atoms with Crippen LogP contribution in [0.25, 0.3) is 11.2 Å².